The lowest BCUT2D eigenvalue weighted by molar-refractivity contribution is 0.570. The lowest BCUT2D eigenvalue weighted by Crippen LogP contribution is -1.96. The van der Waals surface area contributed by atoms with Gasteiger partial charge in [0.1, 0.15) is 0 Å². The molecule has 0 radical (unpaired) electrons. The maximum atomic E-state index is 3.40. The van der Waals surface area contributed by atoms with E-state index in [2.05, 4.69) is 30.9 Å². The molecule has 72 valence electrons. The van der Waals surface area contributed by atoms with Crippen molar-refractivity contribution in [2.45, 2.75) is 26.2 Å². The van der Waals surface area contributed by atoms with E-state index in [1.165, 1.54) is 19.3 Å². The largest absolute Gasteiger partial charge is 0.0942 e. The molecule has 0 amide bonds. The summed E-state index contributed by atoms with van der Waals surface area (Å²) in [6.45, 7) is 2.24. The summed E-state index contributed by atoms with van der Waals surface area (Å²) in [7, 11) is 0. The Balaban J connectivity index is 2.04. The number of hydrogen-bond acceptors (Lipinski definition) is 0. The Labute approximate surface area is 86.3 Å². The van der Waals surface area contributed by atoms with E-state index in [-0.39, 0.29) is 0 Å². The van der Waals surface area contributed by atoms with E-state index < -0.39 is 0 Å². The van der Waals surface area contributed by atoms with E-state index in [4.69, 9.17) is 0 Å². The predicted octanol–water partition coefficient (Wildman–Crippen LogP) is 3.47. The van der Waals surface area contributed by atoms with Crippen LogP contribution in [0, 0.1) is 23.7 Å². The highest BCUT2D eigenvalue weighted by Gasteiger charge is 2.28. The van der Waals surface area contributed by atoms with Crippen LogP contribution >= 0.6 is 0 Å². The second-order valence-electron chi connectivity index (χ2n) is 3.99. The van der Waals surface area contributed by atoms with Gasteiger partial charge < -0.3 is 0 Å². The van der Waals surface area contributed by atoms with Crippen LogP contribution in [0.4, 0.5) is 0 Å². The highest BCUT2D eigenvalue weighted by Crippen LogP contribution is 2.37. The maximum Gasteiger partial charge on any atom is 0.0245 e. The van der Waals surface area contributed by atoms with Crippen molar-refractivity contribution < 1.29 is 0 Å². The van der Waals surface area contributed by atoms with Gasteiger partial charge in [-0.25, -0.2) is 0 Å². The van der Waals surface area contributed by atoms with Crippen molar-refractivity contribution in [3.63, 3.8) is 0 Å². The van der Waals surface area contributed by atoms with Crippen molar-refractivity contribution >= 4 is 0 Å². The van der Waals surface area contributed by atoms with E-state index in [0.29, 0.717) is 5.92 Å². The summed E-state index contributed by atoms with van der Waals surface area (Å²) in [5, 5.41) is 0. The minimum Gasteiger partial charge on any atom is -0.0942 e. The van der Waals surface area contributed by atoms with Gasteiger partial charge in [0.15, 0.2) is 0 Å². The Morgan fingerprint density at radius 2 is 2.00 bits per heavy atom. The normalized spacial score (nSPS) is 16.9. The lowest BCUT2D eigenvalue weighted by atomic mass is 10.0. The zero-order chi connectivity index (χ0) is 9.80. The molecule has 0 N–H and O–H groups in total. The van der Waals surface area contributed by atoms with E-state index in [9.17, 15) is 0 Å². The summed E-state index contributed by atoms with van der Waals surface area (Å²) in [6, 6.07) is 10.3. The molecule has 0 saturated heterocycles. The number of benzene rings is 1. The highest BCUT2D eigenvalue weighted by atomic mass is 14.3. The van der Waals surface area contributed by atoms with Crippen molar-refractivity contribution in [2.24, 2.45) is 11.8 Å². The van der Waals surface area contributed by atoms with Gasteiger partial charge in [-0.05, 0) is 37.3 Å². The van der Waals surface area contributed by atoms with Crippen LogP contribution in [0.1, 0.15) is 31.7 Å². The van der Waals surface area contributed by atoms with E-state index >= 15 is 0 Å². The van der Waals surface area contributed by atoms with Gasteiger partial charge in [-0.1, -0.05) is 37.0 Å². The van der Waals surface area contributed by atoms with Gasteiger partial charge in [0.05, 0.1) is 0 Å². The summed E-state index contributed by atoms with van der Waals surface area (Å²) in [5.74, 6) is 8.20. The van der Waals surface area contributed by atoms with Gasteiger partial charge in [-0.2, -0.15) is 0 Å². The van der Waals surface area contributed by atoms with Crippen LogP contribution in [0.3, 0.4) is 0 Å². The molecule has 14 heavy (non-hydrogen) atoms. The lowest BCUT2D eigenvalue weighted by Gasteiger charge is -2.02. The number of rotatable bonds is 2. The van der Waals surface area contributed by atoms with Crippen LogP contribution in [0.2, 0.25) is 0 Å². The highest BCUT2D eigenvalue weighted by molar-refractivity contribution is 5.34. The number of hydrogen-bond donors (Lipinski definition) is 0. The zero-order valence-electron chi connectivity index (χ0n) is 8.66. The topological polar surface area (TPSA) is 0 Å². The molecule has 1 saturated carbocycles. The SMILES string of the molecule is CCC(C#Cc1ccccc1)C1CC1. The first-order chi connectivity index (χ1) is 6.90. The van der Waals surface area contributed by atoms with Crippen molar-refractivity contribution in [1.29, 1.82) is 0 Å². The van der Waals surface area contributed by atoms with Crippen molar-refractivity contribution in [2.75, 3.05) is 0 Å². The predicted molar refractivity (Wildman–Crippen MR) is 59.8 cm³/mol. The van der Waals surface area contributed by atoms with Crippen LogP contribution in [0.15, 0.2) is 30.3 Å². The summed E-state index contributed by atoms with van der Waals surface area (Å²) >= 11 is 0. The summed E-state index contributed by atoms with van der Waals surface area (Å²) in [6.07, 6.45) is 3.98. The van der Waals surface area contributed by atoms with Crippen LogP contribution in [-0.2, 0) is 0 Å². The van der Waals surface area contributed by atoms with Crippen LogP contribution in [-0.4, -0.2) is 0 Å². The third-order valence-electron chi connectivity index (χ3n) is 2.81. The molecule has 1 aromatic rings. The molecule has 2 rings (SSSR count). The molecule has 1 aromatic carbocycles. The van der Waals surface area contributed by atoms with Gasteiger partial charge in [0, 0.05) is 11.5 Å². The fourth-order valence-electron chi connectivity index (χ4n) is 1.75. The molecular formula is C14H16. The second kappa shape index (κ2) is 4.33. The molecule has 0 heteroatoms. The van der Waals surface area contributed by atoms with Gasteiger partial charge in [0.25, 0.3) is 0 Å². The van der Waals surface area contributed by atoms with Crippen molar-refractivity contribution in [3.05, 3.63) is 35.9 Å². The third kappa shape index (κ3) is 2.39. The molecule has 0 aliphatic heterocycles. The van der Waals surface area contributed by atoms with Gasteiger partial charge in [-0.3, -0.25) is 0 Å². The monoisotopic (exact) mass is 184 g/mol. The molecule has 0 bridgehead atoms. The molecule has 0 nitrogen and oxygen atoms in total. The molecule has 1 unspecified atom stereocenters. The average molecular weight is 184 g/mol. The molecule has 1 fully saturated rings. The van der Waals surface area contributed by atoms with Crippen molar-refractivity contribution in [1.82, 2.24) is 0 Å². The van der Waals surface area contributed by atoms with Gasteiger partial charge in [0.2, 0.25) is 0 Å². The Kier molecular flexibility index (Phi) is 2.89. The van der Waals surface area contributed by atoms with Crippen LogP contribution in [0.5, 0.6) is 0 Å². The van der Waals surface area contributed by atoms with Gasteiger partial charge in [-0.15, -0.1) is 0 Å². The smallest absolute Gasteiger partial charge is 0.0245 e. The van der Waals surface area contributed by atoms with E-state index in [1.807, 2.05) is 18.2 Å². The van der Waals surface area contributed by atoms with Crippen LogP contribution < -0.4 is 0 Å². The van der Waals surface area contributed by atoms with Crippen molar-refractivity contribution in [3.8, 4) is 11.8 Å². The molecule has 1 atom stereocenters. The minimum absolute atomic E-state index is 0.634. The minimum atomic E-state index is 0.634. The standard InChI is InChI=1S/C14H16/c1-2-13(14-10-11-14)9-8-12-6-4-3-5-7-12/h3-7,13-14H,2,10-11H2,1H3. The Morgan fingerprint density at radius 3 is 2.57 bits per heavy atom. The molecule has 0 heterocycles. The average Bonchev–Trinajstić information content (AvgIpc) is 3.05. The Bertz CT molecular complexity index is 335. The Hall–Kier alpha value is -1.22. The quantitative estimate of drug-likeness (QED) is 0.617. The summed E-state index contributed by atoms with van der Waals surface area (Å²) in [5.41, 5.74) is 1.14. The molecule has 0 spiro atoms. The fourth-order valence-corrected chi connectivity index (χ4v) is 1.75. The van der Waals surface area contributed by atoms with E-state index in [0.717, 1.165) is 11.5 Å². The third-order valence-corrected chi connectivity index (χ3v) is 2.81. The first-order valence-corrected chi connectivity index (χ1v) is 5.46. The molecule has 1 aliphatic rings. The summed E-state index contributed by atoms with van der Waals surface area (Å²) < 4.78 is 0. The molecule has 1 aliphatic carbocycles. The zero-order valence-corrected chi connectivity index (χ0v) is 8.66. The Morgan fingerprint density at radius 1 is 1.29 bits per heavy atom. The first kappa shape index (κ1) is 9.34. The molecular weight excluding hydrogens is 168 g/mol. The van der Waals surface area contributed by atoms with Crippen LogP contribution in [0.25, 0.3) is 0 Å². The van der Waals surface area contributed by atoms with E-state index in [1.54, 1.807) is 0 Å². The fraction of sp³-hybridized carbons (Fsp3) is 0.429. The first-order valence-electron chi connectivity index (χ1n) is 5.46. The second-order valence-corrected chi connectivity index (χ2v) is 3.99. The van der Waals surface area contributed by atoms with Gasteiger partial charge >= 0.3 is 0 Å². The summed E-state index contributed by atoms with van der Waals surface area (Å²) in [4.78, 5) is 0. The maximum absolute atomic E-state index is 3.40. The molecule has 0 aromatic heterocycles.